The van der Waals surface area contributed by atoms with E-state index < -0.39 is 5.92 Å². The zero-order chi connectivity index (χ0) is 46.4. The van der Waals surface area contributed by atoms with Crippen molar-refractivity contribution in [3.63, 3.8) is 0 Å². The van der Waals surface area contributed by atoms with Gasteiger partial charge in [0.25, 0.3) is 0 Å². The minimum Gasteiger partial charge on any atom is -0.379 e. The molecule has 1 spiro atoms. The molecule has 2 unspecified atom stereocenters. The number of terminal acetylenes is 1. The van der Waals surface area contributed by atoms with Gasteiger partial charge in [-0.15, -0.1) is 16.6 Å². The Hall–Kier alpha value is -4.01. The van der Waals surface area contributed by atoms with Crippen LogP contribution in [0.1, 0.15) is 132 Å². The summed E-state index contributed by atoms with van der Waals surface area (Å²) in [6, 6.07) is 11.2. The SMILES string of the molecule is C#CCOCCOCCOCCOCCC(=O)N1CCC2(CC1)CC(NC(=O)CCCc1nnc(C)n1C1CC3CCC(C1)N3CC[C@H](NC(=O)C1CCC(F)(F)CC1)c1ccccc1)C2. The van der Waals surface area contributed by atoms with Crippen molar-refractivity contribution < 1.29 is 42.1 Å². The largest absolute Gasteiger partial charge is 0.379 e. The number of aryl methyl sites for hydroxylation is 2. The summed E-state index contributed by atoms with van der Waals surface area (Å²) in [5.74, 6) is 1.35. The summed E-state index contributed by atoms with van der Waals surface area (Å²) in [4.78, 5) is 43.9. The summed E-state index contributed by atoms with van der Waals surface area (Å²) in [7, 11) is 0. The number of carbonyl (C=O) groups is 3. The Balaban J connectivity index is 0.765. The standard InChI is InChI=1S/C50H73F2N7O7/c1-3-25-63-27-29-65-31-32-66-30-28-64-26-17-47(61)57-23-20-49(21-24-57)35-40(36-49)53-46(60)11-7-10-45-56-55-37(2)59(45)43-33-41-12-13-42(34-43)58(41)22-16-44(38-8-5-4-6-9-38)54-48(62)39-14-18-50(51,52)19-15-39/h1,4-6,8-9,39-44H,7,10-36H2,2H3,(H,53,60)(H,54,62)/t41?,42?,43?,44-/m0/s1. The van der Waals surface area contributed by atoms with Gasteiger partial charge in [0.1, 0.15) is 18.3 Å². The normalized spacial score (nSPS) is 23.3. The third kappa shape index (κ3) is 14.0. The number of rotatable bonds is 25. The van der Waals surface area contributed by atoms with Gasteiger partial charge < -0.3 is 39.0 Å². The van der Waals surface area contributed by atoms with Crippen LogP contribution in [0, 0.1) is 30.6 Å². The van der Waals surface area contributed by atoms with Crippen LogP contribution in [0.5, 0.6) is 0 Å². The van der Waals surface area contributed by atoms with Crippen molar-refractivity contribution in [2.45, 2.75) is 152 Å². The van der Waals surface area contributed by atoms with E-state index in [1.165, 1.54) is 0 Å². The minimum atomic E-state index is -2.66. The lowest BCUT2D eigenvalue weighted by Gasteiger charge is -2.52. The molecule has 3 atom stereocenters. The topological polar surface area (TPSA) is 149 Å². The lowest BCUT2D eigenvalue weighted by molar-refractivity contribution is -0.136. The van der Waals surface area contributed by atoms with Crippen LogP contribution in [-0.2, 0) is 39.8 Å². The van der Waals surface area contributed by atoms with Crippen molar-refractivity contribution in [2.24, 2.45) is 11.3 Å². The quantitative estimate of drug-likeness (QED) is 0.0881. The fourth-order valence-corrected chi connectivity index (χ4v) is 11.3. The Kier molecular flexibility index (Phi) is 18.4. The highest BCUT2D eigenvalue weighted by atomic mass is 19.3. The monoisotopic (exact) mass is 922 g/mol. The van der Waals surface area contributed by atoms with Crippen LogP contribution >= 0.6 is 0 Å². The van der Waals surface area contributed by atoms with Crippen LogP contribution in [-0.4, -0.2) is 139 Å². The van der Waals surface area contributed by atoms with Gasteiger partial charge in [-0.05, 0) is 95.0 Å². The summed E-state index contributed by atoms with van der Waals surface area (Å²) < 4.78 is 51.7. The maximum Gasteiger partial charge on any atom is 0.248 e. The number of fused-ring (bicyclic) bond motifs is 2. The van der Waals surface area contributed by atoms with Crippen molar-refractivity contribution in [1.29, 1.82) is 0 Å². The predicted octanol–water partition coefficient (Wildman–Crippen LogP) is 6.13. The molecule has 4 heterocycles. The summed E-state index contributed by atoms with van der Waals surface area (Å²) in [5.41, 5.74) is 1.26. The lowest BCUT2D eigenvalue weighted by atomic mass is 9.60. The number of amides is 3. The fourth-order valence-electron chi connectivity index (χ4n) is 11.3. The number of hydrogen-bond acceptors (Lipinski definition) is 10. The summed E-state index contributed by atoms with van der Waals surface area (Å²) in [6.07, 6.45) is 16.2. The van der Waals surface area contributed by atoms with Gasteiger partial charge in [-0.1, -0.05) is 36.3 Å². The van der Waals surface area contributed by atoms with E-state index in [-0.39, 0.29) is 73.4 Å². The Morgan fingerprint density at radius 1 is 0.833 bits per heavy atom. The van der Waals surface area contributed by atoms with E-state index in [2.05, 4.69) is 36.2 Å². The molecular formula is C50H73F2N7O7. The van der Waals surface area contributed by atoms with E-state index in [0.717, 1.165) is 94.6 Å². The third-order valence-electron chi connectivity index (χ3n) is 14.9. The highest BCUT2D eigenvalue weighted by Gasteiger charge is 2.47. The van der Waals surface area contributed by atoms with E-state index >= 15 is 0 Å². The number of hydrogen-bond donors (Lipinski definition) is 2. The number of benzene rings is 1. The van der Waals surface area contributed by atoms with E-state index in [4.69, 9.17) is 25.4 Å². The number of halogens is 2. The summed E-state index contributed by atoms with van der Waals surface area (Å²) >= 11 is 0. The molecule has 5 aliphatic rings. The zero-order valence-electron chi connectivity index (χ0n) is 39.1. The molecule has 3 aliphatic heterocycles. The average molecular weight is 922 g/mol. The third-order valence-corrected chi connectivity index (χ3v) is 14.9. The molecule has 364 valence electrons. The van der Waals surface area contributed by atoms with Crippen LogP contribution < -0.4 is 10.6 Å². The molecule has 2 N–H and O–H groups in total. The molecule has 14 nitrogen and oxygen atoms in total. The van der Waals surface area contributed by atoms with Crippen LogP contribution in [0.3, 0.4) is 0 Å². The number of likely N-dealkylation sites (tertiary alicyclic amines) is 1. The first-order chi connectivity index (χ1) is 32.0. The van der Waals surface area contributed by atoms with Gasteiger partial charge in [-0.2, -0.15) is 0 Å². The molecule has 2 aromatic rings. The Bertz CT molecular complexity index is 1870. The van der Waals surface area contributed by atoms with Crippen molar-refractivity contribution in [3.8, 4) is 12.3 Å². The molecule has 1 aromatic heterocycles. The molecule has 16 heteroatoms. The maximum absolute atomic E-state index is 13.8. The van der Waals surface area contributed by atoms with Crippen molar-refractivity contribution >= 4 is 17.7 Å². The van der Waals surface area contributed by atoms with E-state index in [9.17, 15) is 23.2 Å². The molecule has 3 saturated heterocycles. The van der Waals surface area contributed by atoms with Gasteiger partial charge >= 0.3 is 0 Å². The number of ether oxygens (including phenoxy) is 4. The van der Waals surface area contributed by atoms with Crippen molar-refractivity contribution in [3.05, 3.63) is 47.5 Å². The predicted molar refractivity (Wildman–Crippen MR) is 244 cm³/mol. The van der Waals surface area contributed by atoms with E-state index in [0.29, 0.717) is 90.1 Å². The molecule has 0 radical (unpaired) electrons. The minimum absolute atomic E-state index is 0.0859. The number of nitrogens with one attached hydrogen (secondary N) is 2. The van der Waals surface area contributed by atoms with Crippen LogP contribution in [0.2, 0.25) is 0 Å². The van der Waals surface area contributed by atoms with Gasteiger partial charge in [0.2, 0.25) is 23.6 Å². The highest BCUT2D eigenvalue weighted by molar-refractivity contribution is 5.79. The van der Waals surface area contributed by atoms with Crippen LogP contribution in [0.25, 0.3) is 0 Å². The van der Waals surface area contributed by atoms with Gasteiger partial charge in [-0.3, -0.25) is 19.3 Å². The number of nitrogens with zero attached hydrogens (tertiary/aromatic N) is 5. The molecule has 2 bridgehead atoms. The first-order valence-corrected chi connectivity index (χ1v) is 24.7. The maximum atomic E-state index is 13.8. The number of piperidine rings is 2. The number of alkyl halides is 2. The van der Waals surface area contributed by atoms with Gasteiger partial charge in [-0.25, -0.2) is 8.78 Å². The Labute approximate surface area is 390 Å². The number of carbonyl (C=O) groups excluding carboxylic acids is 3. The van der Waals surface area contributed by atoms with Gasteiger partial charge in [0.15, 0.2) is 0 Å². The molecule has 66 heavy (non-hydrogen) atoms. The molecule has 3 amide bonds. The van der Waals surface area contributed by atoms with Crippen molar-refractivity contribution in [2.75, 3.05) is 72.5 Å². The smallest absolute Gasteiger partial charge is 0.248 e. The lowest BCUT2D eigenvalue weighted by Crippen LogP contribution is -2.55. The number of aromatic nitrogens is 3. The first-order valence-electron chi connectivity index (χ1n) is 24.7. The summed E-state index contributed by atoms with van der Waals surface area (Å²) in [5, 5.41) is 15.6. The molecular weight excluding hydrogens is 849 g/mol. The summed E-state index contributed by atoms with van der Waals surface area (Å²) in [6.45, 7) is 7.80. The van der Waals surface area contributed by atoms with E-state index in [1.807, 2.05) is 42.2 Å². The van der Waals surface area contributed by atoms with E-state index in [1.54, 1.807) is 0 Å². The first kappa shape index (κ1) is 49.9. The second-order valence-corrected chi connectivity index (χ2v) is 19.4. The molecule has 7 rings (SSSR count). The molecule has 2 aliphatic carbocycles. The zero-order valence-corrected chi connectivity index (χ0v) is 39.1. The van der Waals surface area contributed by atoms with Crippen molar-refractivity contribution in [1.82, 2.24) is 35.2 Å². The Morgan fingerprint density at radius 3 is 2.12 bits per heavy atom. The molecule has 2 saturated carbocycles. The second-order valence-electron chi connectivity index (χ2n) is 19.4. The van der Waals surface area contributed by atoms with Crippen LogP contribution in [0.4, 0.5) is 8.78 Å². The highest BCUT2D eigenvalue weighted by Crippen LogP contribution is 2.49. The van der Waals surface area contributed by atoms with Gasteiger partial charge in [0, 0.05) is 75.4 Å². The second kappa shape index (κ2) is 24.3. The van der Waals surface area contributed by atoms with Crippen LogP contribution in [0.15, 0.2) is 30.3 Å². The fraction of sp³-hybridized carbons (Fsp3) is 0.740. The Morgan fingerprint density at radius 2 is 1.47 bits per heavy atom. The molecule has 5 fully saturated rings. The molecule has 1 aromatic carbocycles. The average Bonchev–Trinajstić information content (AvgIpc) is 3.78. The van der Waals surface area contributed by atoms with Gasteiger partial charge in [0.05, 0.1) is 58.7 Å².